The monoisotopic (exact) mass is 205 g/mol. The van der Waals surface area contributed by atoms with E-state index in [0.29, 0.717) is 11.4 Å². The zero-order chi connectivity index (χ0) is 11.0. The number of rotatable bonds is 1. The maximum Gasteiger partial charge on any atom is 0.248 e. The highest BCUT2D eigenvalue weighted by molar-refractivity contribution is 5.82. The Morgan fingerprint density at radius 1 is 1.33 bits per heavy atom. The lowest BCUT2D eigenvalue weighted by Crippen LogP contribution is -1.93. The molecule has 0 fully saturated rings. The summed E-state index contributed by atoms with van der Waals surface area (Å²) in [6, 6.07) is 6.91. The molecule has 0 aliphatic heterocycles. The van der Waals surface area contributed by atoms with E-state index in [9.17, 15) is 9.50 Å². The highest BCUT2D eigenvalue weighted by atomic mass is 19.1. The van der Waals surface area contributed by atoms with Gasteiger partial charge in [0.05, 0.1) is 5.52 Å². The van der Waals surface area contributed by atoms with Gasteiger partial charge in [-0.3, -0.25) is 0 Å². The maximum atomic E-state index is 13.1. The standard InChI is InChI=1S/C12H12FNO/c1-7(2)9-5-3-4-8-6-10(13)12(15)14-11(8)9/h3-7H,1-2H3,(H,14,15). The molecule has 0 spiro atoms. The first-order valence-corrected chi connectivity index (χ1v) is 4.87. The summed E-state index contributed by atoms with van der Waals surface area (Å²) in [7, 11) is 0. The molecule has 0 aliphatic carbocycles. The molecule has 2 rings (SSSR count). The lowest BCUT2D eigenvalue weighted by molar-refractivity contribution is 0.414. The van der Waals surface area contributed by atoms with E-state index in [4.69, 9.17) is 0 Å². The van der Waals surface area contributed by atoms with E-state index in [2.05, 4.69) is 4.98 Å². The second-order valence-electron chi connectivity index (χ2n) is 3.87. The van der Waals surface area contributed by atoms with Gasteiger partial charge in [-0.15, -0.1) is 0 Å². The molecule has 15 heavy (non-hydrogen) atoms. The van der Waals surface area contributed by atoms with E-state index in [1.165, 1.54) is 6.07 Å². The summed E-state index contributed by atoms with van der Waals surface area (Å²) in [6.45, 7) is 4.08. The number of para-hydroxylation sites is 1. The predicted octanol–water partition coefficient (Wildman–Crippen LogP) is 3.20. The van der Waals surface area contributed by atoms with Crippen molar-refractivity contribution in [2.45, 2.75) is 19.8 Å². The summed E-state index contributed by atoms with van der Waals surface area (Å²) in [6.07, 6.45) is 0. The van der Waals surface area contributed by atoms with E-state index in [-0.39, 0.29) is 0 Å². The molecule has 0 aliphatic rings. The quantitative estimate of drug-likeness (QED) is 0.775. The van der Waals surface area contributed by atoms with Gasteiger partial charge in [0.2, 0.25) is 5.88 Å². The fourth-order valence-electron chi connectivity index (χ4n) is 1.65. The Labute approximate surface area is 87.4 Å². The molecule has 0 amide bonds. The fraction of sp³-hybridized carbons (Fsp3) is 0.250. The van der Waals surface area contributed by atoms with Crippen molar-refractivity contribution in [3.8, 4) is 5.88 Å². The van der Waals surface area contributed by atoms with E-state index in [1.807, 2.05) is 26.0 Å². The molecule has 0 bridgehead atoms. The van der Waals surface area contributed by atoms with Crippen LogP contribution in [-0.4, -0.2) is 10.1 Å². The zero-order valence-corrected chi connectivity index (χ0v) is 8.66. The lowest BCUT2D eigenvalue weighted by Gasteiger charge is -2.09. The number of nitrogens with zero attached hydrogens (tertiary/aromatic N) is 1. The zero-order valence-electron chi connectivity index (χ0n) is 8.66. The molecule has 0 saturated heterocycles. The molecule has 0 unspecified atom stereocenters. The van der Waals surface area contributed by atoms with Gasteiger partial charge in [0.25, 0.3) is 0 Å². The third kappa shape index (κ3) is 1.65. The maximum absolute atomic E-state index is 13.1. The number of hydrogen-bond acceptors (Lipinski definition) is 2. The molecule has 78 valence electrons. The largest absolute Gasteiger partial charge is 0.491 e. The van der Waals surface area contributed by atoms with Gasteiger partial charge in [0.15, 0.2) is 5.82 Å². The van der Waals surface area contributed by atoms with E-state index in [1.54, 1.807) is 6.07 Å². The van der Waals surface area contributed by atoms with Gasteiger partial charge in [-0.1, -0.05) is 32.0 Å². The predicted molar refractivity (Wildman–Crippen MR) is 57.5 cm³/mol. The molecule has 0 atom stereocenters. The van der Waals surface area contributed by atoms with Crippen LogP contribution in [-0.2, 0) is 0 Å². The smallest absolute Gasteiger partial charge is 0.248 e. The third-order valence-corrected chi connectivity index (χ3v) is 2.43. The van der Waals surface area contributed by atoms with Crippen molar-refractivity contribution in [1.82, 2.24) is 4.98 Å². The molecule has 1 N–H and O–H groups in total. The van der Waals surface area contributed by atoms with Crippen molar-refractivity contribution in [2.24, 2.45) is 0 Å². The summed E-state index contributed by atoms with van der Waals surface area (Å²) in [5.41, 5.74) is 1.69. The summed E-state index contributed by atoms with van der Waals surface area (Å²) in [4.78, 5) is 3.88. The first kappa shape index (κ1) is 9.90. The number of aromatic hydroxyl groups is 1. The number of benzene rings is 1. The third-order valence-electron chi connectivity index (χ3n) is 2.43. The summed E-state index contributed by atoms with van der Waals surface area (Å²) in [5, 5.41) is 9.96. The molecule has 1 heterocycles. The molecule has 2 aromatic rings. The van der Waals surface area contributed by atoms with E-state index < -0.39 is 11.7 Å². The lowest BCUT2D eigenvalue weighted by atomic mass is 10.00. The Kier molecular flexibility index (Phi) is 2.31. The average molecular weight is 205 g/mol. The first-order valence-electron chi connectivity index (χ1n) is 4.87. The molecule has 0 saturated carbocycles. The summed E-state index contributed by atoms with van der Waals surface area (Å²) in [5.74, 6) is -0.912. The highest BCUT2D eigenvalue weighted by Gasteiger charge is 2.10. The van der Waals surface area contributed by atoms with E-state index >= 15 is 0 Å². The number of hydrogen-bond donors (Lipinski definition) is 1. The number of pyridine rings is 1. The van der Waals surface area contributed by atoms with Gasteiger partial charge in [-0.25, -0.2) is 9.37 Å². The van der Waals surface area contributed by atoms with Crippen molar-refractivity contribution < 1.29 is 9.50 Å². The van der Waals surface area contributed by atoms with Crippen molar-refractivity contribution in [3.63, 3.8) is 0 Å². The number of halogens is 1. The van der Waals surface area contributed by atoms with Crippen LogP contribution in [0.5, 0.6) is 5.88 Å². The van der Waals surface area contributed by atoms with Crippen molar-refractivity contribution >= 4 is 10.9 Å². The van der Waals surface area contributed by atoms with Crippen LogP contribution in [0.3, 0.4) is 0 Å². The van der Waals surface area contributed by atoms with Crippen LogP contribution < -0.4 is 0 Å². The second-order valence-corrected chi connectivity index (χ2v) is 3.87. The second kappa shape index (κ2) is 3.50. The van der Waals surface area contributed by atoms with Crippen LogP contribution in [0.2, 0.25) is 0 Å². The van der Waals surface area contributed by atoms with Crippen LogP contribution in [0.4, 0.5) is 4.39 Å². The number of aromatic nitrogens is 1. The minimum absolute atomic E-state index is 0.297. The van der Waals surface area contributed by atoms with Crippen LogP contribution in [0.1, 0.15) is 25.3 Å². The van der Waals surface area contributed by atoms with Gasteiger partial charge in [-0.2, -0.15) is 0 Å². The summed E-state index contributed by atoms with van der Waals surface area (Å²) < 4.78 is 13.1. The Balaban J connectivity index is 2.80. The Hall–Kier alpha value is -1.64. The fourth-order valence-corrected chi connectivity index (χ4v) is 1.65. The molecule has 2 nitrogen and oxygen atoms in total. The molecular weight excluding hydrogens is 193 g/mol. The van der Waals surface area contributed by atoms with Crippen molar-refractivity contribution in [2.75, 3.05) is 0 Å². The minimum atomic E-state index is -0.677. The summed E-state index contributed by atoms with van der Waals surface area (Å²) >= 11 is 0. The van der Waals surface area contributed by atoms with Gasteiger partial charge in [-0.05, 0) is 17.5 Å². The first-order chi connectivity index (χ1) is 7.09. The Bertz CT molecular complexity index is 508. The van der Waals surface area contributed by atoms with Gasteiger partial charge >= 0.3 is 0 Å². The van der Waals surface area contributed by atoms with Crippen LogP contribution in [0, 0.1) is 5.82 Å². The van der Waals surface area contributed by atoms with Gasteiger partial charge < -0.3 is 5.11 Å². The SMILES string of the molecule is CC(C)c1cccc2cc(F)c(O)nc12. The Morgan fingerprint density at radius 3 is 2.73 bits per heavy atom. The minimum Gasteiger partial charge on any atom is -0.491 e. The average Bonchev–Trinajstić information content (AvgIpc) is 2.18. The highest BCUT2D eigenvalue weighted by Crippen LogP contribution is 2.26. The van der Waals surface area contributed by atoms with E-state index in [0.717, 1.165) is 10.9 Å². The molecular formula is C12H12FNO. The normalized spacial score (nSPS) is 11.2. The Morgan fingerprint density at radius 2 is 2.07 bits per heavy atom. The van der Waals surface area contributed by atoms with Crippen LogP contribution in [0.15, 0.2) is 24.3 Å². The van der Waals surface area contributed by atoms with Crippen molar-refractivity contribution in [1.29, 1.82) is 0 Å². The van der Waals surface area contributed by atoms with Gasteiger partial charge in [0, 0.05) is 5.39 Å². The molecule has 0 radical (unpaired) electrons. The molecule has 1 aromatic heterocycles. The number of fused-ring (bicyclic) bond motifs is 1. The molecule has 1 aromatic carbocycles. The van der Waals surface area contributed by atoms with Crippen molar-refractivity contribution in [3.05, 3.63) is 35.6 Å². The molecule has 3 heteroatoms. The topological polar surface area (TPSA) is 33.1 Å². The van der Waals surface area contributed by atoms with Gasteiger partial charge in [0.1, 0.15) is 0 Å². The van der Waals surface area contributed by atoms with Crippen LogP contribution in [0.25, 0.3) is 10.9 Å². The van der Waals surface area contributed by atoms with Crippen LogP contribution >= 0.6 is 0 Å².